The normalized spacial score (nSPS) is 22.1. The van der Waals surface area contributed by atoms with Crippen molar-refractivity contribution in [3.63, 3.8) is 0 Å². The van der Waals surface area contributed by atoms with E-state index < -0.39 is 0 Å². The van der Waals surface area contributed by atoms with Gasteiger partial charge in [-0.15, -0.1) is 0 Å². The second-order valence-corrected chi connectivity index (χ2v) is 7.50. The Morgan fingerprint density at radius 3 is 2.64 bits per heavy atom. The molecule has 2 aromatic rings. The minimum atomic E-state index is -0.0926. The number of aryl methyl sites for hydroxylation is 2. The van der Waals surface area contributed by atoms with Crippen molar-refractivity contribution in [2.24, 2.45) is 7.05 Å². The Morgan fingerprint density at radius 1 is 1.28 bits per heavy atom. The van der Waals surface area contributed by atoms with Gasteiger partial charge in [0.2, 0.25) is 5.91 Å². The fraction of sp³-hybridized carbons (Fsp3) is 0.588. The zero-order valence-electron chi connectivity index (χ0n) is 14.8. The number of hydrogen-bond donors (Lipinski definition) is 1. The first-order valence-corrected chi connectivity index (χ1v) is 9.08. The molecule has 25 heavy (non-hydrogen) atoms. The average molecular weight is 363 g/mol. The molecule has 0 aromatic carbocycles. The molecule has 2 aliphatic heterocycles. The number of carbonyl (C=O) groups is 1. The van der Waals surface area contributed by atoms with Crippen LogP contribution in [-0.2, 0) is 11.8 Å². The molecule has 0 bridgehead atoms. The molecule has 4 heterocycles. The van der Waals surface area contributed by atoms with Crippen LogP contribution in [0.3, 0.4) is 0 Å². The topological polar surface area (TPSA) is 68.0 Å². The van der Waals surface area contributed by atoms with E-state index in [1.54, 1.807) is 4.68 Å². The fourth-order valence-electron chi connectivity index (χ4n) is 4.05. The van der Waals surface area contributed by atoms with Crippen molar-refractivity contribution in [2.45, 2.75) is 38.1 Å². The van der Waals surface area contributed by atoms with E-state index in [0.717, 1.165) is 48.6 Å². The van der Waals surface area contributed by atoms with E-state index in [1.165, 1.54) is 0 Å². The zero-order chi connectivity index (χ0) is 17.7. The number of halogens is 1. The van der Waals surface area contributed by atoms with Crippen molar-refractivity contribution in [1.82, 2.24) is 24.5 Å². The number of rotatable bonds is 2. The van der Waals surface area contributed by atoms with Crippen LogP contribution in [-0.4, -0.2) is 50.5 Å². The Labute approximate surface area is 151 Å². The molecule has 0 spiro atoms. The summed E-state index contributed by atoms with van der Waals surface area (Å²) in [6.45, 7) is 4.03. The molecule has 0 saturated carbocycles. The van der Waals surface area contributed by atoms with Gasteiger partial charge in [-0.05, 0) is 39.9 Å². The molecule has 4 rings (SSSR count). The van der Waals surface area contributed by atoms with Gasteiger partial charge < -0.3 is 10.2 Å². The van der Waals surface area contributed by atoms with Crippen molar-refractivity contribution in [3.8, 4) is 0 Å². The van der Waals surface area contributed by atoms with Crippen molar-refractivity contribution in [1.29, 1.82) is 0 Å². The first-order valence-electron chi connectivity index (χ1n) is 8.70. The number of likely N-dealkylation sites (tertiary alicyclic amines) is 1. The predicted molar refractivity (Wildman–Crippen MR) is 96.0 cm³/mol. The monoisotopic (exact) mass is 362 g/mol. The van der Waals surface area contributed by atoms with Crippen LogP contribution in [0.1, 0.15) is 48.0 Å². The summed E-state index contributed by atoms with van der Waals surface area (Å²) < 4.78 is 3.67. The van der Waals surface area contributed by atoms with Crippen LogP contribution >= 0.6 is 11.6 Å². The molecule has 8 heteroatoms. The number of aromatic nitrogens is 4. The molecule has 7 nitrogen and oxygen atoms in total. The van der Waals surface area contributed by atoms with Crippen LogP contribution in [0.15, 0.2) is 6.20 Å². The Kier molecular flexibility index (Phi) is 4.08. The largest absolute Gasteiger partial charge is 0.311 e. The van der Waals surface area contributed by atoms with Gasteiger partial charge in [0.25, 0.3) is 0 Å². The first-order chi connectivity index (χ1) is 12.0. The first kappa shape index (κ1) is 16.6. The van der Waals surface area contributed by atoms with Gasteiger partial charge in [-0.25, -0.2) is 4.68 Å². The lowest BCUT2D eigenvalue weighted by Gasteiger charge is -2.31. The van der Waals surface area contributed by atoms with E-state index in [9.17, 15) is 4.79 Å². The van der Waals surface area contributed by atoms with Crippen molar-refractivity contribution in [3.05, 3.63) is 28.2 Å². The van der Waals surface area contributed by atoms with Gasteiger partial charge in [0.15, 0.2) is 0 Å². The Morgan fingerprint density at radius 2 is 2.00 bits per heavy atom. The molecule has 1 fully saturated rings. The third-order valence-electron chi connectivity index (χ3n) is 5.43. The zero-order valence-corrected chi connectivity index (χ0v) is 15.5. The smallest absolute Gasteiger partial charge is 0.226 e. The van der Waals surface area contributed by atoms with Gasteiger partial charge in [0.1, 0.15) is 11.0 Å². The Hall–Kier alpha value is -1.86. The highest BCUT2D eigenvalue weighted by molar-refractivity contribution is 6.30. The minimum absolute atomic E-state index is 0.00602. The lowest BCUT2D eigenvalue weighted by molar-refractivity contribution is -0.116. The quantitative estimate of drug-likeness (QED) is 0.890. The van der Waals surface area contributed by atoms with Gasteiger partial charge in [0, 0.05) is 30.5 Å². The van der Waals surface area contributed by atoms with Crippen molar-refractivity contribution >= 4 is 23.3 Å². The molecule has 2 aromatic heterocycles. The van der Waals surface area contributed by atoms with Crippen molar-refractivity contribution < 1.29 is 4.79 Å². The number of amides is 1. The Bertz CT molecular complexity index is 817. The third-order valence-corrected chi connectivity index (χ3v) is 5.87. The number of nitrogens with zero attached hydrogens (tertiary/aromatic N) is 5. The van der Waals surface area contributed by atoms with Gasteiger partial charge in [0.05, 0.1) is 17.9 Å². The van der Waals surface area contributed by atoms with E-state index in [4.69, 9.17) is 11.6 Å². The molecule has 1 saturated heterocycles. The SMILES string of the molecule is Cc1nn(C)c(Cl)c1[C@H]1CC(=O)Nc2c1cnn2C1CCN(C)CC1. The average Bonchev–Trinajstić information content (AvgIpc) is 3.09. The molecule has 0 aliphatic carbocycles. The molecule has 2 aliphatic rings. The molecule has 134 valence electrons. The summed E-state index contributed by atoms with van der Waals surface area (Å²) in [6.07, 6.45) is 4.34. The molecular weight excluding hydrogens is 340 g/mol. The number of fused-ring (bicyclic) bond motifs is 1. The van der Waals surface area contributed by atoms with Gasteiger partial charge >= 0.3 is 0 Å². The van der Waals surface area contributed by atoms with Crippen LogP contribution in [0.5, 0.6) is 0 Å². The Balaban J connectivity index is 1.74. The minimum Gasteiger partial charge on any atom is -0.311 e. The number of carbonyl (C=O) groups excluding carboxylic acids is 1. The van der Waals surface area contributed by atoms with E-state index in [-0.39, 0.29) is 11.8 Å². The maximum absolute atomic E-state index is 12.4. The van der Waals surface area contributed by atoms with Gasteiger partial charge in [-0.2, -0.15) is 10.2 Å². The maximum Gasteiger partial charge on any atom is 0.226 e. The summed E-state index contributed by atoms with van der Waals surface area (Å²) >= 11 is 6.47. The van der Waals surface area contributed by atoms with Crippen LogP contribution in [0, 0.1) is 6.92 Å². The van der Waals surface area contributed by atoms with Gasteiger partial charge in [-0.3, -0.25) is 9.48 Å². The highest BCUT2D eigenvalue weighted by Crippen LogP contribution is 2.42. The van der Waals surface area contributed by atoms with Gasteiger partial charge in [-0.1, -0.05) is 11.6 Å². The number of anilines is 1. The van der Waals surface area contributed by atoms with E-state index in [2.05, 4.69) is 27.5 Å². The fourth-order valence-corrected chi connectivity index (χ4v) is 4.36. The second-order valence-electron chi connectivity index (χ2n) is 7.15. The van der Waals surface area contributed by atoms with E-state index >= 15 is 0 Å². The molecule has 0 radical (unpaired) electrons. The lowest BCUT2D eigenvalue weighted by Crippen LogP contribution is -2.33. The molecule has 1 amide bonds. The highest BCUT2D eigenvalue weighted by atomic mass is 35.5. The molecule has 0 unspecified atom stereocenters. The molecule has 1 N–H and O–H groups in total. The summed E-state index contributed by atoms with van der Waals surface area (Å²) in [5, 5.41) is 12.7. The summed E-state index contributed by atoms with van der Waals surface area (Å²) in [6, 6.07) is 0.324. The third kappa shape index (κ3) is 2.75. The predicted octanol–water partition coefficient (Wildman–Crippen LogP) is 2.32. The van der Waals surface area contributed by atoms with Crippen LogP contribution in [0.25, 0.3) is 0 Å². The summed E-state index contributed by atoms with van der Waals surface area (Å²) in [4.78, 5) is 14.7. The van der Waals surface area contributed by atoms with Crippen LogP contribution in [0.2, 0.25) is 5.15 Å². The van der Waals surface area contributed by atoms with Crippen LogP contribution < -0.4 is 5.32 Å². The van der Waals surface area contributed by atoms with E-state index in [1.807, 2.05) is 24.9 Å². The highest BCUT2D eigenvalue weighted by Gasteiger charge is 2.35. The number of piperidine rings is 1. The maximum atomic E-state index is 12.4. The number of hydrogen-bond acceptors (Lipinski definition) is 4. The van der Waals surface area contributed by atoms with Crippen molar-refractivity contribution in [2.75, 3.05) is 25.5 Å². The number of nitrogens with one attached hydrogen (secondary N) is 1. The summed E-state index contributed by atoms with van der Waals surface area (Å²) in [7, 11) is 3.96. The second kappa shape index (κ2) is 6.14. The standard InChI is InChI=1S/C17H23ClN6O/c1-10-15(16(18)23(3)21-10)12-8-14(25)20-17-13(12)9-19-24(17)11-4-6-22(2)7-5-11/h9,11-12H,4-8H2,1-3H3,(H,20,25)/t12-/m0/s1. The van der Waals surface area contributed by atoms with E-state index in [0.29, 0.717) is 17.6 Å². The lowest BCUT2D eigenvalue weighted by atomic mass is 9.87. The summed E-state index contributed by atoms with van der Waals surface area (Å²) in [5.41, 5.74) is 2.84. The molecule has 1 atom stereocenters. The van der Waals surface area contributed by atoms with Crippen LogP contribution in [0.4, 0.5) is 5.82 Å². The molecular formula is C17H23ClN6O. The summed E-state index contributed by atoms with van der Waals surface area (Å²) in [5.74, 6) is 0.742.